The average Bonchev–Trinajstić information content (AvgIpc) is 2.28. The van der Waals surface area contributed by atoms with Gasteiger partial charge in [0.25, 0.3) is 0 Å². The molecule has 6 heteroatoms. The van der Waals surface area contributed by atoms with E-state index in [0.29, 0.717) is 31.1 Å². The molecule has 1 aliphatic rings. The van der Waals surface area contributed by atoms with E-state index in [4.69, 9.17) is 16.3 Å². The Bertz CT molecular complexity index is 518. The van der Waals surface area contributed by atoms with Gasteiger partial charge in [-0.1, -0.05) is 23.7 Å². The van der Waals surface area contributed by atoms with Gasteiger partial charge in [-0.25, -0.2) is 8.42 Å². The summed E-state index contributed by atoms with van der Waals surface area (Å²) in [6, 6.07) is 7.54. The highest BCUT2D eigenvalue weighted by atomic mass is 35.5. The Kier molecular flexibility index (Phi) is 4.27. The quantitative estimate of drug-likeness (QED) is 0.848. The normalized spacial score (nSPS) is 22.0. The van der Waals surface area contributed by atoms with Crippen LogP contribution >= 0.6 is 11.6 Å². The van der Waals surface area contributed by atoms with Crippen LogP contribution in [0.5, 0.6) is 0 Å². The number of ether oxygens (including phenoxy) is 1. The van der Waals surface area contributed by atoms with E-state index in [2.05, 4.69) is 0 Å². The Morgan fingerprint density at radius 2 is 2.28 bits per heavy atom. The highest BCUT2D eigenvalue weighted by Gasteiger charge is 2.26. The third-order valence-corrected chi connectivity index (χ3v) is 4.43. The second-order valence-electron chi connectivity index (χ2n) is 4.45. The number of sulfonamides is 1. The predicted octanol–water partition coefficient (Wildman–Crippen LogP) is 1.54. The molecule has 0 N–H and O–H groups in total. The fourth-order valence-electron chi connectivity index (χ4n) is 2.04. The maximum Gasteiger partial charge on any atom is 0.211 e. The summed E-state index contributed by atoms with van der Waals surface area (Å²) >= 11 is 5.92. The number of hydrogen-bond acceptors (Lipinski definition) is 3. The zero-order chi connectivity index (χ0) is 13.2. The summed E-state index contributed by atoms with van der Waals surface area (Å²) in [7, 11) is -3.13. The summed E-state index contributed by atoms with van der Waals surface area (Å²) in [4.78, 5) is 0. The third kappa shape index (κ3) is 3.68. The Labute approximate surface area is 113 Å². The van der Waals surface area contributed by atoms with Crippen molar-refractivity contribution in [2.45, 2.75) is 12.5 Å². The first-order valence-corrected chi connectivity index (χ1v) is 7.99. The topological polar surface area (TPSA) is 46.6 Å². The van der Waals surface area contributed by atoms with Gasteiger partial charge in [-0.3, -0.25) is 0 Å². The van der Waals surface area contributed by atoms with Crippen molar-refractivity contribution in [3.63, 3.8) is 0 Å². The van der Waals surface area contributed by atoms with Gasteiger partial charge < -0.3 is 4.74 Å². The van der Waals surface area contributed by atoms with Crippen molar-refractivity contribution in [2.75, 3.05) is 26.0 Å². The van der Waals surface area contributed by atoms with Crippen molar-refractivity contribution in [1.82, 2.24) is 4.31 Å². The van der Waals surface area contributed by atoms with Gasteiger partial charge in [-0.15, -0.1) is 0 Å². The maximum absolute atomic E-state index is 11.5. The van der Waals surface area contributed by atoms with Gasteiger partial charge in [0.1, 0.15) is 0 Å². The van der Waals surface area contributed by atoms with E-state index in [-0.39, 0.29) is 6.10 Å². The zero-order valence-corrected chi connectivity index (χ0v) is 11.7. The molecule has 0 amide bonds. The number of rotatable bonds is 3. The summed E-state index contributed by atoms with van der Waals surface area (Å²) in [6.07, 6.45) is 1.80. The van der Waals surface area contributed by atoms with Crippen LogP contribution in [0.3, 0.4) is 0 Å². The molecule has 0 spiro atoms. The van der Waals surface area contributed by atoms with Crippen molar-refractivity contribution < 1.29 is 13.2 Å². The molecule has 0 radical (unpaired) electrons. The zero-order valence-electron chi connectivity index (χ0n) is 10.2. The number of benzene rings is 1. The van der Waals surface area contributed by atoms with Crippen molar-refractivity contribution in [3.8, 4) is 0 Å². The number of morpholine rings is 1. The molecule has 1 unspecified atom stereocenters. The van der Waals surface area contributed by atoms with E-state index >= 15 is 0 Å². The van der Waals surface area contributed by atoms with Crippen molar-refractivity contribution in [2.24, 2.45) is 0 Å². The van der Waals surface area contributed by atoms with Crippen LogP contribution in [0.25, 0.3) is 0 Å². The van der Waals surface area contributed by atoms with Crippen LogP contribution in [0, 0.1) is 0 Å². The van der Waals surface area contributed by atoms with Gasteiger partial charge in [0.05, 0.1) is 19.0 Å². The Morgan fingerprint density at radius 3 is 2.94 bits per heavy atom. The lowest BCUT2D eigenvalue weighted by Crippen LogP contribution is -2.45. The van der Waals surface area contributed by atoms with Gasteiger partial charge in [-0.05, 0) is 24.1 Å². The van der Waals surface area contributed by atoms with E-state index in [9.17, 15) is 8.42 Å². The van der Waals surface area contributed by atoms with E-state index < -0.39 is 10.0 Å². The largest absolute Gasteiger partial charge is 0.375 e. The number of nitrogens with zero attached hydrogens (tertiary/aromatic N) is 1. The SMILES string of the molecule is CS(=O)(=O)N1CCOC(Cc2cccc(Cl)c2)C1. The second kappa shape index (κ2) is 5.57. The summed E-state index contributed by atoms with van der Waals surface area (Å²) in [6.45, 7) is 1.29. The van der Waals surface area contributed by atoms with Crippen LogP contribution in [-0.4, -0.2) is 44.8 Å². The molecule has 1 saturated heterocycles. The minimum Gasteiger partial charge on any atom is -0.375 e. The van der Waals surface area contributed by atoms with Gasteiger partial charge in [0.2, 0.25) is 10.0 Å². The van der Waals surface area contributed by atoms with Gasteiger partial charge in [-0.2, -0.15) is 4.31 Å². The molecular formula is C12H16ClNO3S. The summed E-state index contributed by atoms with van der Waals surface area (Å²) in [5, 5.41) is 0.684. The molecule has 1 aromatic rings. The summed E-state index contributed by atoms with van der Waals surface area (Å²) in [5.41, 5.74) is 1.06. The second-order valence-corrected chi connectivity index (χ2v) is 6.87. The lowest BCUT2D eigenvalue weighted by Gasteiger charge is -2.31. The maximum atomic E-state index is 11.5. The molecule has 100 valence electrons. The molecule has 2 rings (SSSR count). The Morgan fingerprint density at radius 1 is 1.50 bits per heavy atom. The molecule has 1 fully saturated rings. The fraction of sp³-hybridized carbons (Fsp3) is 0.500. The number of halogens is 1. The Hall–Kier alpha value is -0.620. The van der Waals surface area contributed by atoms with Crippen molar-refractivity contribution in [1.29, 1.82) is 0 Å². The van der Waals surface area contributed by atoms with E-state index in [1.54, 1.807) is 0 Å². The van der Waals surface area contributed by atoms with Crippen LogP contribution < -0.4 is 0 Å². The summed E-state index contributed by atoms with van der Waals surface area (Å²) in [5.74, 6) is 0. The molecular weight excluding hydrogens is 274 g/mol. The smallest absolute Gasteiger partial charge is 0.211 e. The van der Waals surface area contributed by atoms with Crippen LogP contribution in [0.4, 0.5) is 0 Å². The van der Waals surface area contributed by atoms with E-state index in [1.165, 1.54) is 10.6 Å². The van der Waals surface area contributed by atoms with Crippen LogP contribution in [0.1, 0.15) is 5.56 Å². The lowest BCUT2D eigenvalue weighted by atomic mass is 10.1. The van der Waals surface area contributed by atoms with Gasteiger partial charge >= 0.3 is 0 Å². The molecule has 1 aromatic carbocycles. The highest BCUT2D eigenvalue weighted by Crippen LogP contribution is 2.16. The van der Waals surface area contributed by atoms with Crippen molar-refractivity contribution in [3.05, 3.63) is 34.9 Å². The van der Waals surface area contributed by atoms with Gasteiger partial charge in [0.15, 0.2) is 0 Å². The first-order chi connectivity index (χ1) is 8.45. The lowest BCUT2D eigenvalue weighted by molar-refractivity contribution is -0.000285. The molecule has 4 nitrogen and oxygen atoms in total. The minimum atomic E-state index is -3.13. The van der Waals surface area contributed by atoms with E-state index in [1.807, 2.05) is 24.3 Å². The molecule has 0 aliphatic carbocycles. The van der Waals surface area contributed by atoms with E-state index in [0.717, 1.165) is 5.56 Å². The van der Waals surface area contributed by atoms with Crippen molar-refractivity contribution >= 4 is 21.6 Å². The fourth-order valence-corrected chi connectivity index (χ4v) is 3.10. The Balaban J connectivity index is 2.02. The average molecular weight is 290 g/mol. The van der Waals surface area contributed by atoms with Crippen LogP contribution in [0.15, 0.2) is 24.3 Å². The monoisotopic (exact) mass is 289 g/mol. The standard InChI is InChI=1S/C12H16ClNO3S/c1-18(15,16)14-5-6-17-12(9-14)8-10-3-2-4-11(13)7-10/h2-4,7,12H,5-6,8-9H2,1H3. The van der Waals surface area contributed by atoms with Gasteiger partial charge in [0, 0.05) is 18.1 Å². The molecule has 18 heavy (non-hydrogen) atoms. The first kappa shape index (κ1) is 13.8. The van der Waals surface area contributed by atoms with Crippen LogP contribution in [0.2, 0.25) is 5.02 Å². The molecule has 0 aromatic heterocycles. The highest BCUT2D eigenvalue weighted by molar-refractivity contribution is 7.88. The molecule has 1 aliphatic heterocycles. The minimum absolute atomic E-state index is 0.105. The van der Waals surface area contributed by atoms with Crippen LogP contribution in [-0.2, 0) is 21.2 Å². The molecule has 1 atom stereocenters. The first-order valence-electron chi connectivity index (χ1n) is 5.76. The predicted molar refractivity (Wildman–Crippen MR) is 71.3 cm³/mol. The molecule has 0 bridgehead atoms. The molecule has 1 heterocycles. The molecule has 0 saturated carbocycles. The summed E-state index contributed by atoms with van der Waals surface area (Å²) < 4.78 is 30.0. The third-order valence-electron chi connectivity index (χ3n) is 2.92. The number of hydrogen-bond donors (Lipinski definition) is 0.